The molecule has 1 aromatic rings. The lowest BCUT2D eigenvalue weighted by molar-refractivity contribution is -0.128. The molecule has 0 aliphatic carbocycles. The van der Waals surface area contributed by atoms with Gasteiger partial charge in [-0.2, -0.15) is 0 Å². The highest BCUT2D eigenvalue weighted by molar-refractivity contribution is 5.99. The second kappa shape index (κ2) is 6.36. The number of hydrogen-bond donors (Lipinski definition) is 3. The summed E-state index contributed by atoms with van der Waals surface area (Å²) in [5.41, 5.74) is 5.91. The van der Waals surface area contributed by atoms with Crippen molar-refractivity contribution >= 4 is 17.5 Å². The molecule has 7 heteroatoms. The quantitative estimate of drug-likeness (QED) is 0.703. The molecule has 0 saturated carbocycles. The largest absolute Gasteiger partial charge is 0.495 e. The molecule has 1 fully saturated rings. The fraction of sp³-hybridized carbons (Fsp3) is 0.385. The van der Waals surface area contributed by atoms with Crippen LogP contribution in [0.15, 0.2) is 18.2 Å². The van der Waals surface area contributed by atoms with E-state index in [0.29, 0.717) is 30.2 Å². The van der Waals surface area contributed by atoms with Crippen LogP contribution in [0.3, 0.4) is 0 Å². The summed E-state index contributed by atoms with van der Waals surface area (Å²) in [6.45, 7) is 1.66. The fourth-order valence-electron chi connectivity index (χ4n) is 1.91. The van der Waals surface area contributed by atoms with Gasteiger partial charge in [0, 0.05) is 18.7 Å². The number of anilines is 1. The van der Waals surface area contributed by atoms with Gasteiger partial charge in [0.05, 0.1) is 19.4 Å². The summed E-state index contributed by atoms with van der Waals surface area (Å²) in [6, 6.07) is 4.60. The summed E-state index contributed by atoms with van der Waals surface area (Å²) in [5.74, 6) is -0.414. The van der Waals surface area contributed by atoms with Gasteiger partial charge in [0.25, 0.3) is 5.91 Å². The number of ether oxygens (including phenoxy) is 2. The van der Waals surface area contributed by atoms with Crippen molar-refractivity contribution in [2.24, 2.45) is 5.73 Å². The highest BCUT2D eigenvalue weighted by atomic mass is 16.5. The third-order valence-electron chi connectivity index (χ3n) is 2.96. The molecule has 0 spiro atoms. The van der Waals surface area contributed by atoms with Gasteiger partial charge in [-0.05, 0) is 18.2 Å². The summed E-state index contributed by atoms with van der Waals surface area (Å²) in [4.78, 5) is 23.2. The first kappa shape index (κ1) is 14.3. The van der Waals surface area contributed by atoms with Gasteiger partial charge in [-0.1, -0.05) is 0 Å². The van der Waals surface area contributed by atoms with Crippen LogP contribution in [0.2, 0.25) is 0 Å². The Kier molecular flexibility index (Phi) is 4.54. The number of benzene rings is 1. The molecular weight excluding hydrogens is 262 g/mol. The Balaban J connectivity index is 2.15. The van der Waals surface area contributed by atoms with Crippen molar-refractivity contribution in [2.75, 3.05) is 32.1 Å². The minimum Gasteiger partial charge on any atom is -0.495 e. The summed E-state index contributed by atoms with van der Waals surface area (Å²) in [6.07, 6.45) is -0.564. The number of nitrogens with two attached hydrogens (primary N) is 1. The topological polar surface area (TPSA) is 103 Å². The van der Waals surface area contributed by atoms with Crippen molar-refractivity contribution in [3.8, 4) is 5.75 Å². The molecule has 2 rings (SSSR count). The number of carbonyl (C=O) groups is 2. The normalized spacial score (nSPS) is 18.4. The zero-order chi connectivity index (χ0) is 14.5. The van der Waals surface area contributed by atoms with Gasteiger partial charge in [0.1, 0.15) is 11.9 Å². The van der Waals surface area contributed by atoms with Crippen LogP contribution in [0, 0.1) is 0 Å². The number of amides is 2. The van der Waals surface area contributed by atoms with Crippen LogP contribution >= 0.6 is 0 Å². The molecule has 1 saturated heterocycles. The van der Waals surface area contributed by atoms with E-state index < -0.39 is 12.0 Å². The summed E-state index contributed by atoms with van der Waals surface area (Å²) in [7, 11) is 1.48. The lowest BCUT2D eigenvalue weighted by Gasteiger charge is -2.23. The SMILES string of the molecule is COc1ccc(C(N)=O)cc1NC(=O)C1CNCCO1. The van der Waals surface area contributed by atoms with E-state index in [1.54, 1.807) is 6.07 Å². The average Bonchev–Trinajstić information content (AvgIpc) is 2.48. The predicted molar refractivity (Wildman–Crippen MR) is 72.8 cm³/mol. The molecule has 0 aromatic heterocycles. The Bertz CT molecular complexity index is 512. The number of rotatable bonds is 4. The summed E-state index contributed by atoms with van der Waals surface area (Å²) < 4.78 is 10.5. The first-order chi connectivity index (χ1) is 9.61. The molecule has 20 heavy (non-hydrogen) atoms. The lowest BCUT2D eigenvalue weighted by atomic mass is 10.1. The molecule has 1 aromatic carbocycles. The van der Waals surface area contributed by atoms with E-state index in [9.17, 15) is 9.59 Å². The Hall–Kier alpha value is -2.12. The minimum atomic E-state index is -0.571. The van der Waals surface area contributed by atoms with E-state index in [2.05, 4.69) is 10.6 Å². The highest BCUT2D eigenvalue weighted by Gasteiger charge is 2.23. The number of morpholine rings is 1. The maximum Gasteiger partial charge on any atom is 0.254 e. The first-order valence-corrected chi connectivity index (χ1v) is 6.23. The molecule has 4 N–H and O–H groups in total. The standard InChI is InChI=1S/C13H17N3O4/c1-19-10-3-2-8(12(14)17)6-9(10)16-13(18)11-7-15-4-5-20-11/h2-3,6,11,15H,4-5,7H2,1H3,(H2,14,17)(H,16,18). The smallest absolute Gasteiger partial charge is 0.254 e. The van der Waals surface area contributed by atoms with Crippen LogP contribution in [-0.2, 0) is 9.53 Å². The van der Waals surface area contributed by atoms with Crippen LogP contribution < -0.4 is 21.1 Å². The van der Waals surface area contributed by atoms with Gasteiger partial charge in [0.15, 0.2) is 0 Å². The van der Waals surface area contributed by atoms with Gasteiger partial charge < -0.3 is 25.8 Å². The second-order valence-electron chi connectivity index (χ2n) is 4.33. The lowest BCUT2D eigenvalue weighted by Crippen LogP contribution is -2.45. The maximum absolute atomic E-state index is 12.1. The van der Waals surface area contributed by atoms with Crippen LogP contribution in [0.4, 0.5) is 5.69 Å². The van der Waals surface area contributed by atoms with E-state index in [0.717, 1.165) is 6.54 Å². The average molecular weight is 279 g/mol. The van der Waals surface area contributed by atoms with Crippen molar-refractivity contribution in [1.29, 1.82) is 0 Å². The first-order valence-electron chi connectivity index (χ1n) is 6.23. The van der Waals surface area contributed by atoms with Crippen LogP contribution in [-0.4, -0.2) is 44.7 Å². The number of methoxy groups -OCH3 is 1. The second-order valence-corrected chi connectivity index (χ2v) is 4.33. The monoisotopic (exact) mass is 279 g/mol. The van der Waals surface area contributed by atoms with Crippen LogP contribution in [0.1, 0.15) is 10.4 Å². The number of hydrogen-bond acceptors (Lipinski definition) is 5. The molecule has 7 nitrogen and oxygen atoms in total. The molecule has 0 radical (unpaired) electrons. The van der Waals surface area contributed by atoms with Gasteiger partial charge in [-0.15, -0.1) is 0 Å². The van der Waals surface area contributed by atoms with E-state index >= 15 is 0 Å². The molecule has 2 amide bonds. The highest BCUT2D eigenvalue weighted by Crippen LogP contribution is 2.25. The van der Waals surface area contributed by atoms with Gasteiger partial charge in [0.2, 0.25) is 5.91 Å². The van der Waals surface area contributed by atoms with Crippen molar-refractivity contribution in [2.45, 2.75) is 6.10 Å². The molecular formula is C13H17N3O4. The minimum absolute atomic E-state index is 0.294. The summed E-state index contributed by atoms with van der Waals surface area (Å²) >= 11 is 0. The van der Waals surface area contributed by atoms with Crippen molar-refractivity contribution in [1.82, 2.24) is 5.32 Å². The molecule has 1 aliphatic heterocycles. The van der Waals surface area contributed by atoms with E-state index in [-0.39, 0.29) is 5.91 Å². The fourth-order valence-corrected chi connectivity index (χ4v) is 1.91. The van der Waals surface area contributed by atoms with Crippen LogP contribution in [0.5, 0.6) is 5.75 Å². The molecule has 1 unspecified atom stereocenters. The molecule has 108 valence electrons. The molecule has 1 heterocycles. The van der Waals surface area contributed by atoms with E-state index in [4.69, 9.17) is 15.2 Å². The Morgan fingerprint density at radius 2 is 2.30 bits per heavy atom. The van der Waals surface area contributed by atoms with E-state index in [1.165, 1.54) is 19.2 Å². The zero-order valence-corrected chi connectivity index (χ0v) is 11.1. The molecule has 1 aliphatic rings. The zero-order valence-electron chi connectivity index (χ0n) is 11.1. The van der Waals surface area contributed by atoms with Crippen molar-refractivity contribution < 1.29 is 19.1 Å². The Morgan fingerprint density at radius 3 is 2.90 bits per heavy atom. The van der Waals surface area contributed by atoms with Crippen molar-refractivity contribution in [3.05, 3.63) is 23.8 Å². The third kappa shape index (κ3) is 3.25. The van der Waals surface area contributed by atoms with Gasteiger partial charge >= 0.3 is 0 Å². The number of carbonyl (C=O) groups excluding carboxylic acids is 2. The maximum atomic E-state index is 12.1. The third-order valence-corrected chi connectivity index (χ3v) is 2.96. The molecule has 1 atom stereocenters. The Labute approximate surface area is 116 Å². The Morgan fingerprint density at radius 1 is 1.50 bits per heavy atom. The van der Waals surface area contributed by atoms with Crippen LogP contribution in [0.25, 0.3) is 0 Å². The van der Waals surface area contributed by atoms with Crippen molar-refractivity contribution in [3.63, 3.8) is 0 Å². The van der Waals surface area contributed by atoms with E-state index in [1.807, 2.05) is 0 Å². The van der Waals surface area contributed by atoms with Gasteiger partial charge in [-0.25, -0.2) is 0 Å². The summed E-state index contributed by atoms with van der Waals surface area (Å²) in [5, 5.41) is 5.76. The number of primary amides is 1. The predicted octanol–water partition coefficient (Wildman–Crippen LogP) is -0.279. The number of nitrogens with one attached hydrogen (secondary N) is 2. The molecule has 0 bridgehead atoms. The van der Waals surface area contributed by atoms with Gasteiger partial charge in [-0.3, -0.25) is 9.59 Å².